The monoisotopic (exact) mass is 315 g/mol. The highest BCUT2D eigenvalue weighted by Crippen LogP contribution is 2.24. The number of amides is 1. The lowest BCUT2D eigenvalue weighted by atomic mass is 10.1. The van der Waals surface area contributed by atoms with E-state index in [9.17, 15) is 4.79 Å². The van der Waals surface area contributed by atoms with Gasteiger partial charge < -0.3 is 10.6 Å². The first-order valence-electron chi connectivity index (χ1n) is 6.79. The van der Waals surface area contributed by atoms with Gasteiger partial charge in [-0.05, 0) is 17.7 Å². The Balaban J connectivity index is 1.75. The van der Waals surface area contributed by atoms with Gasteiger partial charge in [0.15, 0.2) is 0 Å². The minimum Gasteiger partial charge on any atom is -0.355 e. The van der Waals surface area contributed by atoms with Crippen LogP contribution in [-0.2, 0) is 11.2 Å². The third kappa shape index (κ3) is 4.63. The van der Waals surface area contributed by atoms with Crippen molar-refractivity contribution in [3.63, 3.8) is 0 Å². The number of carbonyl (C=O) groups is 1. The molecule has 20 heavy (non-hydrogen) atoms. The van der Waals surface area contributed by atoms with Gasteiger partial charge in [-0.25, -0.2) is 0 Å². The molecular weight excluding hydrogens is 297 g/mol. The quantitative estimate of drug-likeness (QED) is 0.866. The van der Waals surface area contributed by atoms with Gasteiger partial charge in [0, 0.05) is 49.3 Å². The van der Waals surface area contributed by atoms with E-state index >= 15 is 0 Å². The maximum absolute atomic E-state index is 11.9. The molecule has 4 nitrogen and oxygen atoms in total. The number of rotatable bonds is 5. The lowest BCUT2D eigenvalue weighted by molar-refractivity contribution is -0.120. The zero-order valence-corrected chi connectivity index (χ0v) is 12.8. The van der Waals surface area contributed by atoms with Crippen LogP contribution in [-0.4, -0.2) is 50.1 Å². The molecule has 1 saturated heterocycles. The Hall–Kier alpha value is -0.810. The fourth-order valence-electron chi connectivity index (χ4n) is 2.21. The summed E-state index contributed by atoms with van der Waals surface area (Å²) in [7, 11) is 0. The Labute approximate surface area is 129 Å². The Morgan fingerprint density at radius 2 is 1.90 bits per heavy atom. The second-order valence-electron chi connectivity index (χ2n) is 4.82. The standard InChI is InChI=1S/C14H19Cl2N3O/c15-12-2-1-3-13(16)11(12)10-14(20)18-6-9-19-7-4-17-5-8-19/h1-3,17H,4-10H2,(H,18,20). The third-order valence-corrected chi connectivity index (χ3v) is 4.07. The van der Waals surface area contributed by atoms with Gasteiger partial charge in [0.05, 0.1) is 6.42 Å². The lowest BCUT2D eigenvalue weighted by Gasteiger charge is -2.27. The van der Waals surface area contributed by atoms with E-state index in [0.29, 0.717) is 22.2 Å². The number of carbonyl (C=O) groups excluding carboxylic acids is 1. The van der Waals surface area contributed by atoms with Crippen molar-refractivity contribution in [3.8, 4) is 0 Å². The second-order valence-corrected chi connectivity index (χ2v) is 5.63. The van der Waals surface area contributed by atoms with Crippen LogP contribution in [0.15, 0.2) is 18.2 Å². The number of hydrogen-bond donors (Lipinski definition) is 2. The summed E-state index contributed by atoms with van der Waals surface area (Å²) in [5.74, 6) is -0.0462. The van der Waals surface area contributed by atoms with E-state index in [2.05, 4.69) is 15.5 Å². The predicted molar refractivity (Wildman–Crippen MR) is 82.5 cm³/mol. The number of hydrogen-bond acceptors (Lipinski definition) is 3. The molecule has 0 unspecified atom stereocenters. The van der Waals surface area contributed by atoms with Crippen molar-refractivity contribution in [1.29, 1.82) is 0 Å². The molecule has 0 bridgehead atoms. The summed E-state index contributed by atoms with van der Waals surface area (Å²) in [5, 5.41) is 7.29. The predicted octanol–water partition coefficient (Wildman–Crippen LogP) is 1.56. The molecular formula is C14H19Cl2N3O. The summed E-state index contributed by atoms with van der Waals surface area (Å²) in [5.41, 5.74) is 0.690. The first-order valence-corrected chi connectivity index (χ1v) is 7.55. The van der Waals surface area contributed by atoms with Crippen LogP contribution < -0.4 is 10.6 Å². The molecule has 1 heterocycles. The summed E-state index contributed by atoms with van der Waals surface area (Å²) in [6, 6.07) is 5.27. The normalized spacial score (nSPS) is 16.1. The maximum atomic E-state index is 11.9. The molecule has 2 N–H and O–H groups in total. The van der Waals surface area contributed by atoms with E-state index in [0.717, 1.165) is 32.7 Å². The van der Waals surface area contributed by atoms with Crippen LogP contribution in [0.1, 0.15) is 5.56 Å². The van der Waals surface area contributed by atoms with Gasteiger partial charge in [0.1, 0.15) is 0 Å². The van der Waals surface area contributed by atoms with Crippen LogP contribution in [0.2, 0.25) is 10.0 Å². The van der Waals surface area contributed by atoms with Crippen molar-refractivity contribution in [2.75, 3.05) is 39.3 Å². The number of nitrogens with zero attached hydrogens (tertiary/aromatic N) is 1. The summed E-state index contributed by atoms with van der Waals surface area (Å²) in [6.07, 6.45) is 0.222. The Morgan fingerprint density at radius 3 is 2.55 bits per heavy atom. The zero-order chi connectivity index (χ0) is 14.4. The number of halogens is 2. The van der Waals surface area contributed by atoms with Gasteiger partial charge >= 0.3 is 0 Å². The highest BCUT2D eigenvalue weighted by Gasteiger charge is 2.12. The smallest absolute Gasteiger partial charge is 0.224 e. The molecule has 1 aromatic carbocycles. The molecule has 0 saturated carbocycles. The fraction of sp³-hybridized carbons (Fsp3) is 0.500. The van der Waals surface area contributed by atoms with Gasteiger partial charge in [-0.2, -0.15) is 0 Å². The van der Waals surface area contributed by atoms with E-state index in [1.165, 1.54) is 0 Å². The number of piperazine rings is 1. The SMILES string of the molecule is O=C(Cc1c(Cl)cccc1Cl)NCCN1CCNCC1. The van der Waals surface area contributed by atoms with Crippen molar-refractivity contribution >= 4 is 29.1 Å². The van der Waals surface area contributed by atoms with E-state index in [1.807, 2.05) is 0 Å². The molecule has 1 amide bonds. The van der Waals surface area contributed by atoms with Gasteiger partial charge in [-0.15, -0.1) is 0 Å². The van der Waals surface area contributed by atoms with Crippen molar-refractivity contribution in [3.05, 3.63) is 33.8 Å². The van der Waals surface area contributed by atoms with Crippen molar-refractivity contribution in [2.45, 2.75) is 6.42 Å². The number of nitrogens with one attached hydrogen (secondary N) is 2. The Morgan fingerprint density at radius 1 is 1.25 bits per heavy atom. The minimum absolute atomic E-state index is 0.0462. The molecule has 0 radical (unpaired) electrons. The number of benzene rings is 1. The molecule has 0 spiro atoms. The van der Waals surface area contributed by atoms with E-state index < -0.39 is 0 Å². The molecule has 1 fully saturated rings. The van der Waals surface area contributed by atoms with E-state index in [4.69, 9.17) is 23.2 Å². The van der Waals surface area contributed by atoms with Crippen LogP contribution in [0.25, 0.3) is 0 Å². The molecule has 1 aromatic rings. The summed E-state index contributed by atoms with van der Waals surface area (Å²) in [6.45, 7) is 5.63. The highest BCUT2D eigenvalue weighted by atomic mass is 35.5. The van der Waals surface area contributed by atoms with Crippen LogP contribution >= 0.6 is 23.2 Å². The third-order valence-electron chi connectivity index (χ3n) is 3.36. The summed E-state index contributed by atoms with van der Waals surface area (Å²) < 4.78 is 0. The van der Waals surface area contributed by atoms with Crippen LogP contribution in [0.3, 0.4) is 0 Å². The topological polar surface area (TPSA) is 44.4 Å². The largest absolute Gasteiger partial charge is 0.355 e. The molecule has 0 aromatic heterocycles. The molecule has 0 atom stereocenters. The van der Waals surface area contributed by atoms with Crippen LogP contribution in [0.4, 0.5) is 0 Å². The Kier molecular flexibility index (Phi) is 6.10. The van der Waals surface area contributed by atoms with Crippen molar-refractivity contribution in [2.24, 2.45) is 0 Å². The van der Waals surface area contributed by atoms with Gasteiger partial charge in [0.25, 0.3) is 0 Å². The summed E-state index contributed by atoms with van der Waals surface area (Å²) in [4.78, 5) is 14.2. The first kappa shape index (κ1) is 15.6. The highest BCUT2D eigenvalue weighted by molar-refractivity contribution is 6.36. The van der Waals surface area contributed by atoms with Crippen LogP contribution in [0, 0.1) is 0 Å². The van der Waals surface area contributed by atoms with E-state index in [1.54, 1.807) is 18.2 Å². The first-order chi connectivity index (χ1) is 9.66. The Bertz CT molecular complexity index is 441. The van der Waals surface area contributed by atoms with Crippen LogP contribution in [0.5, 0.6) is 0 Å². The molecule has 6 heteroatoms. The maximum Gasteiger partial charge on any atom is 0.224 e. The minimum atomic E-state index is -0.0462. The zero-order valence-electron chi connectivity index (χ0n) is 11.3. The van der Waals surface area contributed by atoms with Crippen molar-refractivity contribution < 1.29 is 4.79 Å². The van der Waals surface area contributed by atoms with Gasteiger partial charge in [-0.3, -0.25) is 9.69 Å². The molecule has 1 aliphatic heterocycles. The molecule has 0 aliphatic carbocycles. The van der Waals surface area contributed by atoms with Gasteiger partial charge in [-0.1, -0.05) is 29.3 Å². The summed E-state index contributed by atoms with van der Waals surface area (Å²) >= 11 is 12.1. The fourth-order valence-corrected chi connectivity index (χ4v) is 2.74. The second kappa shape index (κ2) is 7.84. The average Bonchev–Trinajstić information content (AvgIpc) is 2.44. The lowest BCUT2D eigenvalue weighted by Crippen LogP contribution is -2.46. The molecule has 2 rings (SSSR count). The van der Waals surface area contributed by atoms with E-state index in [-0.39, 0.29) is 12.3 Å². The molecule has 110 valence electrons. The van der Waals surface area contributed by atoms with Gasteiger partial charge in [0.2, 0.25) is 5.91 Å². The average molecular weight is 316 g/mol. The van der Waals surface area contributed by atoms with Crippen molar-refractivity contribution in [1.82, 2.24) is 15.5 Å². The molecule has 1 aliphatic rings.